The van der Waals surface area contributed by atoms with E-state index in [4.69, 9.17) is 0 Å². The maximum atomic E-state index is 12.8. The predicted molar refractivity (Wildman–Crippen MR) is 97.5 cm³/mol. The first-order chi connectivity index (χ1) is 12.5. The molecule has 0 radical (unpaired) electrons. The second kappa shape index (κ2) is 7.51. The van der Waals surface area contributed by atoms with Crippen LogP contribution in [0.25, 0.3) is 11.3 Å². The van der Waals surface area contributed by atoms with E-state index >= 15 is 0 Å². The van der Waals surface area contributed by atoms with E-state index < -0.39 is 6.04 Å². The van der Waals surface area contributed by atoms with Crippen LogP contribution >= 0.6 is 0 Å². The normalized spacial score (nSPS) is 15.6. The molecule has 1 fully saturated rings. The van der Waals surface area contributed by atoms with E-state index in [-0.39, 0.29) is 17.4 Å². The number of amides is 2. The van der Waals surface area contributed by atoms with Crippen LogP contribution in [0.15, 0.2) is 47.3 Å². The molecule has 1 aliphatic heterocycles. The minimum Gasteiger partial charge on any atom is -0.339 e. The number of aromatic nitrogens is 2. The Labute approximate surface area is 151 Å². The first kappa shape index (κ1) is 17.8. The summed E-state index contributed by atoms with van der Waals surface area (Å²) >= 11 is 0. The van der Waals surface area contributed by atoms with E-state index in [9.17, 15) is 14.4 Å². The van der Waals surface area contributed by atoms with Crippen molar-refractivity contribution in [2.45, 2.75) is 19.9 Å². The highest BCUT2D eigenvalue weighted by Crippen LogP contribution is 2.16. The van der Waals surface area contributed by atoms with E-state index in [0.29, 0.717) is 31.9 Å². The summed E-state index contributed by atoms with van der Waals surface area (Å²) in [5.74, 6) is -0.147. The molecule has 0 spiro atoms. The zero-order valence-corrected chi connectivity index (χ0v) is 15.0. The minimum atomic E-state index is -0.699. The maximum absolute atomic E-state index is 12.8. The van der Waals surface area contributed by atoms with Crippen molar-refractivity contribution in [2.24, 2.45) is 0 Å². The van der Waals surface area contributed by atoms with Gasteiger partial charge in [-0.3, -0.25) is 14.4 Å². The van der Waals surface area contributed by atoms with E-state index in [1.807, 2.05) is 30.3 Å². The topological polar surface area (TPSA) is 75.5 Å². The molecule has 1 aromatic carbocycles. The van der Waals surface area contributed by atoms with Crippen LogP contribution in [-0.2, 0) is 9.59 Å². The van der Waals surface area contributed by atoms with Crippen LogP contribution in [0.2, 0.25) is 0 Å². The Kier molecular flexibility index (Phi) is 5.16. The molecule has 1 atom stereocenters. The van der Waals surface area contributed by atoms with Gasteiger partial charge in [-0.15, -0.1) is 0 Å². The van der Waals surface area contributed by atoms with Gasteiger partial charge in [0.2, 0.25) is 11.8 Å². The third-order valence-electron chi connectivity index (χ3n) is 4.66. The smallest absolute Gasteiger partial charge is 0.267 e. The lowest BCUT2D eigenvalue weighted by atomic mass is 10.1. The lowest BCUT2D eigenvalue weighted by molar-refractivity contribution is -0.140. The van der Waals surface area contributed by atoms with Gasteiger partial charge in [-0.1, -0.05) is 30.3 Å². The van der Waals surface area contributed by atoms with Gasteiger partial charge < -0.3 is 9.80 Å². The summed E-state index contributed by atoms with van der Waals surface area (Å²) in [4.78, 5) is 39.9. The van der Waals surface area contributed by atoms with Crippen molar-refractivity contribution in [3.63, 3.8) is 0 Å². The summed E-state index contributed by atoms with van der Waals surface area (Å²) < 4.78 is 1.24. The van der Waals surface area contributed by atoms with Gasteiger partial charge >= 0.3 is 0 Å². The molecule has 7 nitrogen and oxygen atoms in total. The minimum absolute atomic E-state index is 0.0126. The van der Waals surface area contributed by atoms with E-state index in [2.05, 4.69) is 5.10 Å². The molecule has 0 saturated carbocycles. The summed E-state index contributed by atoms with van der Waals surface area (Å²) in [5, 5.41) is 4.39. The fourth-order valence-electron chi connectivity index (χ4n) is 3.08. The molecule has 7 heteroatoms. The van der Waals surface area contributed by atoms with Crippen molar-refractivity contribution < 1.29 is 9.59 Å². The molecule has 2 aromatic rings. The average molecular weight is 354 g/mol. The van der Waals surface area contributed by atoms with Crippen LogP contribution in [-0.4, -0.2) is 57.6 Å². The number of nitrogens with zero attached hydrogens (tertiary/aromatic N) is 4. The second-order valence-electron chi connectivity index (χ2n) is 6.37. The molecule has 26 heavy (non-hydrogen) atoms. The number of hydrogen-bond donors (Lipinski definition) is 0. The highest BCUT2D eigenvalue weighted by atomic mass is 16.2. The van der Waals surface area contributed by atoms with Crippen LogP contribution in [0.4, 0.5) is 0 Å². The lowest BCUT2D eigenvalue weighted by Crippen LogP contribution is -2.52. The van der Waals surface area contributed by atoms with E-state index in [0.717, 1.165) is 5.56 Å². The van der Waals surface area contributed by atoms with Crippen molar-refractivity contribution in [1.29, 1.82) is 0 Å². The van der Waals surface area contributed by atoms with Crippen molar-refractivity contribution in [1.82, 2.24) is 19.6 Å². The Morgan fingerprint density at radius 2 is 1.58 bits per heavy atom. The number of carbonyl (C=O) groups is 2. The highest BCUT2D eigenvalue weighted by molar-refractivity contribution is 5.80. The Morgan fingerprint density at radius 3 is 2.19 bits per heavy atom. The molecular weight excluding hydrogens is 332 g/mol. The first-order valence-electron chi connectivity index (χ1n) is 8.67. The molecule has 0 aliphatic carbocycles. The largest absolute Gasteiger partial charge is 0.339 e. The van der Waals surface area contributed by atoms with Crippen molar-refractivity contribution >= 4 is 11.8 Å². The van der Waals surface area contributed by atoms with Gasteiger partial charge in [-0.2, -0.15) is 5.10 Å². The van der Waals surface area contributed by atoms with E-state index in [1.54, 1.807) is 22.8 Å². The lowest BCUT2D eigenvalue weighted by Gasteiger charge is -2.35. The summed E-state index contributed by atoms with van der Waals surface area (Å²) in [7, 11) is 0. The summed E-state index contributed by atoms with van der Waals surface area (Å²) in [6, 6.07) is 11.9. The van der Waals surface area contributed by atoms with Crippen LogP contribution in [0.1, 0.15) is 19.9 Å². The Balaban J connectivity index is 1.79. The Hall–Kier alpha value is -2.96. The standard InChI is InChI=1S/C19H22N4O3/c1-14(19(26)22-12-10-21(11-13-22)15(2)24)23-18(25)9-8-17(20-23)16-6-4-3-5-7-16/h3-9,14H,10-13H2,1-2H3. The van der Waals surface area contributed by atoms with Gasteiger partial charge in [0.1, 0.15) is 6.04 Å². The zero-order chi connectivity index (χ0) is 18.7. The molecule has 2 heterocycles. The predicted octanol–water partition coefficient (Wildman–Crippen LogP) is 1.16. The second-order valence-corrected chi connectivity index (χ2v) is 6.37. The van der Waals surface area contributed by atoms with Gasteiger partial charge in [0, 0.05) is 44.7 Å². The van der Waals surface area contributed by atoms with Crippen LogP contribution in [0.3, 0.4) is 0 Å². The van der Waals surface area contributed by atoms with Crippen LogP contribution < -0.4 is 5.56 Å². The number of benzene rings is 1. The zero-order valence-electron chi connectivity index (χ0n) is 15.0. The molecule has 1 saturated heterocycles. The van der Waals surface area contributed by atoms with Gasteiger partial charge in [0.25, 0.3) is 5.56 Å². The molecule has 1 aromatic heterocycles. The van der Waals surface area contributed by atoms with Crippen LogP contribution in [0, 0.1) is 0 Å². The molecule has 136 valence electrons. The molecule has 1 unspecified atom stereocenters. The number of rotatable bonds is 3. The molecule has 2 amide bonds. The van der Waals surface area contributed by atoms with E-state index in [1.165, 1.54) is 17.7 Å². The highest BCUT2D eigenvalue weighted by Gasteiger charge is 2.27. The maximum Gasteiger partial charge on any atom is 0.267 e. The average Bonchev–Trinajstić information content (AvgIpc) is 2.68. The molecule has 0 bridgehead atoms. The summed E-state index contributed by atoms with van der Waals surface area (Å²) in [5.41, 5.74) is 1.22. The van der Waals surface area contributed by atoms with Crippen molar-refractivity contribution in [3.05, 3.63) is 52.8 Å². The molecular formula is C19H22N4O3. The van der Waals surface area contributed by atoms with Gasteiger partial charge in [-0.05, 0) is 13.0 Å². The number of hydrogen-bond acceptors (Lipinski definition) is 4. The Morgan fingerprint density at radius 1 is 0.962 bits per heavy atom. The monoisotopic (exact) mass is 354 g/mol. The van der Waals surface area contributed by atoms with Crippen molar-refractivity contribution in [3.8, 4) is 11.3 Å². The van der Waals surface area contributed by atoms with Gasteiger partial charge in [0.15, 0.2) is 0 Å². The van der Waals surface area contributed by atoms with Gasteiger partial charge in [-0.25, -0.2) is 4.68 Å². The number of piperazine rings is 1. The van der Waals surface area contributed by atoms with Crippen molar-refractivity contribution in [2.75, 3.05) is 26.2 Å². The summed E-state index contributed by atoms with van der Waals surface area (Å²) in [6.07, 6.45) is 0. The fourth-order valence-corrected chi connectivity index (χ4v) is 3.08. The third-order valence-corrected chi connectivity index (χ3v) is 4.66. The summed E-state index contributed by atoms with van der Waals surface area (Å²) in [6.45, 7) is 5.17. The fraction of sp³-hybridized carbons (Fsp3) is 0.368. The molecule has 0 N–H and O–H groups in total. The quantitative estimate of drug-likeness (QED) is 0.829. The molecule has 3 rings (SSSR count). The first-order valence-corrected chi connectivity index (χ1v) is 8.67. The Bertz CT molecular complexity index is 855. The number of carbonyl (C=O) groups excluding carboxylic acids is 2. The van der Waals surface area contributed by atoms with Gasteiger partial charge in [0.05, 0.1) is 5.69 Å². The third kappa shape index (κ3) is 3.66. The molecule has 1 aliphatic rings. The van der Waals surface area contributed by atoms with Crippen LogP contribution in [0.5, 0.6) is 0 Å². The SMILES string of the molecule is CC(=O)N1CCN(C(=O)C(C)n2nc(-c3ccccc3)ccc2=O)CC1.